The molecule has 0 saturated carbocycles. The van der Waals surface area contributed by atoms with Crippen LogP contribution in [0.3, 0.4) is 0 Å². The second-order valence-corrected chi connectivity index (χ2v) is 3.41. The third-order valence-electron chi connectivity index (χ3n) is 1.72. The van der Waals surface area contributed by atoms with E-state index in [2.05, 4.69) is 15.3 Å². The zero-order valence-corrected chi connectivity index (χ0v) is 8.09. The van der Waals surface area contributed by atoms with Gasteiger partial charge in [-0.05, 0) is 6.07 Å². The molecule has 0 aliphatic rings. The van der Waals surface area contributed by atoms with Gasteiger partial charge in [-0.2, -0.15) is 0 Å². The minimum Gasteiger partial charge on any atom is -0.377 e. The fraction of sp³-hybridized carbons (Fsp3) is 0.111. The van der Waals surface area contributed by atoms with Gasteiger partial charge in [0, 0.05) is 11.6 Å². The maximum absolute atomic E-state index is 13.1. The Hall–Kier alpha value is -1.49. The number of rotatable bonds is 3. The molecule has 3 nitrogen and oxygen atoms in total. The van der Waals surface area contributed by atoms with Crippen LogP contribution in [0.25, 0.3) is 0 Å². The Morgan fingerprint density at radius 1 is 1.50 bits per heavy atom. The third kappa shape index (κ3) is 2.05. The minimum atomic E-state index is -0.345. The van der Waals surface area contributed by atoms with Gasteiger partial charge >= 0.3 is 0 Å². The Morgan fingerprint density at radius 2 is 2.43 bits per heavy atom. The van der Waals surface area contributed by atoms with Crippen LogP contribution in [-0.4, -0.2) is 9.97 Å². The van der Waals surface area contributed by atoms with E-state index in [-0.39, 0.29) is 5.82 Å². The summed E-state index contributed by atoms with van der Waals surface area (Å²) in [5, 5.41) is 4.87. The molecular formula is C9H8FN3S. The standard InChI is InChI=1S/C9H8FN3S/c10-8-4-11-2-1-9(8)12-3-7-5-14-6-13-7/h1-2,4-6H,3H2,(H,11,12). The number of hydrogen-bond donors (Lipinski definition) is 1. The largest absolute Gasteiger partial charge is 0.377 e. The summed E-state index contributed by atoms with van der Waals surface area (Å²) >= 11 is 1.52. The number of aromatic nitrogens is 2. The molecule has 2 aromatic rings. The van der Waals surface area contributed by atoms with Gasteiger partial charge < -0.3 is 5.32 Å². The summed E-state index contributed by atoms with van der Waals surface area (Å²) in [4.78, 5) is 7.74. The molecule has 5 heteroatoms. The molecule has 0 atom stereocenters. The highest BCUT2D eigenvalue weighted by atomic mass is 32.1. The van der Waals surface area contributed by atoms with Crippen molar-refractivity contribution in [2.45, 2.75) is 6.54 Å². The van der Waals surface area contributed by atoms with Crippen LogP contribution in [0.5, 0.6) is 0 Å². The van der Waals surface area contributed by atoms with E-state index in [1.807, 2.05) is 5.38 Å². The lowest BCUT2D eigenvalue weighted by atomic mass is 10.3. The molecule has 0 unspecified atom stereocenters. The molecule has 0 fully saturated rings. The van der Waals surface area contributed by atoms with Gasteiger partial charge in [-0.1, -0.05) is 0 Å². The first-order valence-electron chi connectivity index (χ1n) is 4.07. The van der Waals surface area contributed by atoms with Gasteiger partial charge in [-0.25, -0.2) is 9.37 Å². The molecule has 0 aliphatic carbocycles. The highest BCUT2D eigenvalue weighted by molar-refractivity contribution is 7.07. The second kappa shape index (κ2) is 4.15. The van der Waals surface area contributed by atoms with Crippen LogP contribution in [0.4, 0.5) is 10.1 Å². The van der Waals surface area contributed by atoms with E-state index in [0.717, 1.165) is 5.69 Å². The highest BCUT2D eigenvalue weighted by Crippen LogP contribution is 2.12. The predicted molar refractivity (Wildman–Crippen MR) is 53.6 cm³/mol. The molecule has 0 aromatic carbocycles. The molecule has 0 bridgehead atoms. The van der Waals surface area contributed by atoms with E-state index in [0.29, 0.717) is 12.2 Å². The zero-order chi connectivity index (χ0) is 9.80. The van der Waals surface area contributed by atoms with Gasteiger partial charge in [-0.3, -0.25) is 4.98 Å². The molecule has 2 rings (SSSR count). The SMILES string of the molecule is Fc1cnccc1NCc1cscn1. The number of pyridine rings is 1. The average Bonchev–Trinajstić information content (AvgIpc) is 2.69. The smallest absolute Gasteiger partial charge is 0.164 e. The molecule has 0 aliphatic heterocycles. The van der Waals surface area contributed by atoms with Gasteiger partial charge in [0.15, 0.2) is 5.82 Å². The number of hydrogen-bond acceptors (Lipinski definition) is 4. The predicted octanol–water partition coefficient (Wildman–Crippen LogP) is 2.29. The third-order valence-corrected chi connectivity index (χ3v) is 2.35. The molecule has 72 valence electrons. The molecular weight excluding hydrogens is 201 g/mol. The Morgan fingerprint density at radius 3 is 3.14 bits per heavy atom. The molecule has 2 aromatic heterocycles. The summed E-state index contributed by atoms with van der Waals surface area (Å²) in [5.41, 5.74) is 3.11. The average molecular weight is 209 g/mol. The molecule has 0 radical (unpaired) electrons. The fourth-order valence-corrected chi connectivity index (χ4v) is 1.59. The van der Waals surface area contributed by atoms with Crippen LogP contribution in [0.1, 0.15) is 5.69 Å². The number of anilines is 1. The second-order valence-electron chi connectivity index (χ2n) is 2.69. The number of thiazole rings is 1. The highest BCUT2D eigenvalue weighted by Gasteiger charge is 2.00. The molecule has 0 amide bonds. The van der Waals surface area contributed by atoms with E-state index in [4.69, 9.17) is 0 Å². The summed E-state index contributed by atoms with van der Waals surface area (Å²) in [6, 6.07) is 1.60. The van der Waals surface area contributed by atoms with Crippen LogP contribution in [-0.2, 0) is 6.54 Å². The van der Waals surface area contributed by atoms with Crippen LogP contribution < -0.4 is 5.32 Å². The fourth-order valence-electron chi connectivity index (χ4n) is 1.03. The van der Waals surface area contributed by atoms with E-state index >= 15 is 0 Å². The lowest BCUT2D eigenvalue weighted by Gasteiger charge is -2.04. The quantitative estimate of drug-likeness (QED) is 0.842. The van der Waals surface area contributed by atoms with Crippen molar-refractivity contribution in [3.05, 3.63) is 40.9 Å². The zero-order valence-electron chi connectivity index (χ0n) is 7.27. The van der Waals surface area contributed by atoms with Crippen LogP contribution in [0.2, 0.25) is 0 Å². The Balaban J connectivity index is 2.02. The maximum atomic E-state index is 13.1. The maximum Gasteiger partial charge on any atom is 0.164 e. The van der Waals surface area contributed by atoms with Crippen molar-refractivity contribution in [3.8, 4) is 0 Å². The summed E-state index contributed by atoms with van der Waals surface area (Å²) in [7, 11) is 0. The first-order chi connectivity index (χ1) is 6.86. The van der Waals surface area contributed by atoms with Gasteiger partial charge in [0.25, 0.3) is 0 Å². The first-order valence-corrected chi connectivity index (χ1v) is 5.01. The molecule has 14 heavy (non-hydrogen) atoms. The Bertz CT molecular complexity index is 402. The van der Waals surface area contributed by atoms with E-state index in [1.54, 1.807) is 17.8 Å². The Labute approximate surface area is 84.6 Å². The van der Waals surface area contributed by atoms with Gasteiger partial charge in [0.1, 0.15) is 0 Å². The molecule has 2 heterocycles. The van der Waals surface area contributed by atoms with Crippen molar-refractivity contribution in [1.82, 2.24) is 9.97 Å². The van der Waals surface area contributed by atoms with Crippen molar-refractivity contribution in [3.63, 3.8) is 0 Å². The number of nitrogens with zero attached hydrogens (tertiary/aromatic N) is 2. The van der Waals surface area contributed by atoms with E-state index in [9.17, 15) is 4.39 Å². The van der Waals surface area contributed by atoms with Crippen molar-refractivity contribution in [1.29, 1.82) is 0 Å². The van der Waals surface area contributed by atoms with Gasteiger partial charge in [-0.15, -0.1) is 11.3 Å². The van der Waals surface area contributed by atoms with Crippen LogP contribution >= 0.6 is 11.3 Å². The summed E-state index contributed by atoms with van der Waals surface area (Å²) < 4.78 is 13.1. The molecule has 1 N–H and O–H groups in total. The minimum absolute atomic E-state index is 0.345. The molecule has 0 saturated heterocycles. The number of nitrogens with one attached hydrogen (secondary N) is 1. The van der Waals surface area contributed by atoms with Crippen LogP contribution in [0.15, 0.2) is 29.4 Å². The summed E-state index contributed by atoms with van der Waals surface area (Å²) in [5.74, 6) is -0.345. The molecule has 0 spiro atoms. The van der Waals surface area contributed by atoms with Crippen LogP contribution in [0, 0.1) is 5.82 Å². The van der Waals surface area contributed by atoms with Crippen molar-refractivity contribution < 1.29 is 4.39 Å². The lowest BCUT2D eigenvalue weighted by Crippen LogP contribution is -2.01. The van der Waals surface area contributed by atoms with Crippen molar-refractivity contribution in [2.75, 3.05) is 5.32 Å². The Kier molecular flexibility index (Phi) is 2.69. The van der Waals surface area contributed by atoms with E-state index < -0.39 is 0 Å². The number of halogens is 1. The van der Waals surface area contributed by atoms with Gasteiger partial charge in [0.05, 0.1) is 29.6 Å². The first kappa shape index (κ1) is 9.08. The summed E-state index contributed by atoms with van der Waals surface area (Å²) in [6.45, 7) is 0.532. The monoisotopic (exact) mass is 209 g/mol. The topological polar surface area (TPSA) is 37.8 Å². The van der Waals surface area contributed by atoms with E-state index in [1.165, 1.54) is 17.5 Å². The van der Waals surface area contributed by atoms with Crippen molar-refractivity contribution in [2.24, 2.45) is 0 Å². The lowest BCUT2D eigenvalue weighted by molar-refractivity contribution is 0.623. The van der Waals surface area contributed by atoms with Crippen molar-refractivity contribution >= 4 is 17.0 Å². The normalized spacial score (nSPS) is 10.1. The summed E-state index contributed by atoms with van der Waals surface area (Å²) in [6.07, 6.45) is 2.73. The van der Waals surface area contributed by atoms with Gasteiger partial charge in [0.2, 0.25) is 0 Å².